The number of amides is 1. The summed E-state index contributed by atoms with van der Waals surface area (Å²) in [5.41, 5.74) is 6.72. The highest BCUT2D eigenvalue weighted by Gasteiger charge is 2.27. The lowest BCUT2D eigenvalue weighted by Gasteiger charge is -2.35. The lowest BCUT2D eigenvalue weighted by atomic mass is 10.0. The van der Waals surface area contributed by atoms with Crippen LogP contribution in [0.15, 0.2) is 6.20 Å². The topological polar surface area (TPSA) is 67.4 Å². The van der Waals surface area contributed by atoms with Gasteiger partial charge in [0.1, 0.15) is 5.69 Å². The number of aryl methyl sites for hydroxylation is 1. The molecular weight excluding hydrogens is 230 g/mol. The van der Waals surface area contributed by atoms with E-state index in [-0.39, 0.29) is 5.91 Å². The number of rotatable bonds is 2. The predicted molar refractivity (Wildman–Crippen MR) is 70.2 cm³/mol. The van der Waals surface area contributed by atoms with Crippen LogP contribution >= 0.6 is 0 Å². The van der Waals surface area contributed by atoms with Crippen molar-refractivity contribution in [2.45, 2.75) is 18.9 Å². The van der Waals surface area contributed by atoms with Gasteiger partial charge in [0.05, 0.1) is 11.9 Å². The molecule has 0 unspecified atom stereocenters. The third kappa shape index (κ3) is 2.33. The maximum Gasteiger partial charge on any atom is 0.274 e. The van der Waals surface area contributed by atoms with Crippen LogP contribution in [0.2, 0.25) is 0 Å². The molecule has 1 saturated heterocycles. The second kappa shape index (κ2) is 4.97. The van der Waals surface area contributed by atoms with E-state index in [2.05, 4.69) is 17.0 Å². The maximum atomic E-state index is 12.4. The standard InChI is InChI=1S/C12H21N5O/c1-15-6-4-9(5-7-15)16(2)12(18)11-10(13)8-14-17(11)3/h8-9H,4-7,13H2,1-3H3. The van der Waals surface area contributed by atoms with E-state index in [1.807, 2.05) is 7.05 Å². The van der Waals surface area contributed by atoms with Gasteiger partial charge in [-0.15, -0.1) is 0 Å². The van der Waals surface area contributed by atoms with Crippen LogP contribution < -0.4 is 5.73 Å². The van der Waals surface area contributed by atoms with E-state index in [1.165, 1.54) is 6.20 Å². The first-order valence-corrected chi connectivity index (χ1v) is 6.24. The second-order valence-electron chi connectivity index (χ2n) is 5.02. The van der Waals surface area contributed by atoms with Crippen molar-refractivity contribution in [3.63, 3.8) is 0 Å². The molecule has 0 spiro atoms. The van der Waals surface area contributed by atoms with Crippen LogP contribution in [0.3, 0.4) is 0 Å². The van der Waals surface area contributed by atoms with Crippen LogP contribution in [-0.4, -0.2) is 58.7 Å². The summed E-state index contributed by atoms with van der Waals surface area (Å²) < 4.78 is 1.54. The highest BCUT2D eigenvalue weighted by Crippen LogP contribution is 2.18. The number of nitrogens with zero attached hydrogens (tertiary/aromatic N) is 4. The number of nitrogen functional groups attached to an aromatic ring is 1. The molecule has 6 heteroatoms. The lowest BCUT2D eigenvalue weighted by molar-refractivity contribution is 0.0650. The smallest absolute Gasteiger partial charge is 0.274 e. The lowest BCUT2D eigenvalue weighted by Crippen LogP contribution is -2.45. The summed E-state index contributed by atoms with van der Waals surface area (Å²) in [4.78, 5) is 16.5. The van der Waals surface area contributed by atoms with Crippen molar-refractivity contribution in [2.75, 3.05) is 32.9 Å². The van der Waals surface area contributed by atoms with Gasteiger partial charge in [-0.05, 0) is 33.0 Å². The maximum absolute atomic E-state index is 12.4. The largest absolute Gasteiger partial charge is 0.396 e. The molecule has 0 atom stereocenters. The molecule has 1 aliphatic rings. The quantitative estimate of drug-likeness (QED) is 0.813. The van der Waals surface area contributed by atoms with Crippen LogP contribution in [0.5, 0.6) is 0 Å². The Balaban J connectivity index is 2.09. The highest BCUT2D eigenvalue weighted by molar-refractivity contribution is 5.97. The van der Waals surface area contributed by atoms with E-state index in [0.717, 1.165) is 25.9 Å². The third-order valence-electron chi connectivity index (χ3n) is 3.73. The van der Waals surface area contributed by atoms with Gasteiger partial charge in [-0.2, -0.15) is 5.10 Å². The summed E-state index contributed by atoms with van der Waals surface area (Å²) in [7, 11) is 5.70. The first-order chi connectivity index (χ1) is 8.50. The molecule has 100 valence electrons. The molecule has 18 heavy (non-hydrogen) atoms. The van der Waals surface area contributed by atoms with Gasteiger partial charge in [-0.1, -0.05) is 0 Å². The second-order valence-corrected chi connectivity index (χ2v) is 5.02. The summed E-state index contributed by atoms with van der Waals surface area (Å²) in [5, 5.41) is 4.01. The van der Waals surface area contributed by atoms with Gasteiger partial charge in [0, 0.05) is 20.1 Å². The minimum absolute atomic E-state index is 0.0398. The average molecular weight is 251 g/mol. The van der Waals surface area contributed by atoms with Gasteiger partial charge in [0.25, 0.3) is 5.91 Å². The summed E-state index contributed by atoms with van der Waals surface area (Å²) in [6.07, 6.45) is 3.54. The molecule has 6 nitrogen and oxygen atoms in total. The minimum atomic E-state index is -0.0398. The van der Waals surface area contributed by atoms with Gasteiger partial charge in [-0.3, -0.25) is 9.48 Å². The van der Waals surface area contributed by atoms with Crippen molar-refractivity contribution in [2.24, 2.45) is 7.05 Å². The van der Waals surface area contributed by atoms with Gasteiger partial charge in [0.15, 0.2) is 0 Å². The van der Waals surface area contributed by atoms with Crippen molar-refractivity contribution in [1.29, 1.82) is 0 Å². The molecular formula is C12H21N5O. The minimum Gasteiger partial charge on any atom is -0.396 e. The molecule has 1 aliphatic heterocycles. The Hall–Kier alpha value is -1.56. The van der Waals surface area contributed by atoms with Gasteiger partial charge in [0.2, 0.25) is 0 Å². The molecule has 1 aromatic heterocycles. The summed E-state index contributed by atoms with van der Waals surface area (Å²) in [5.74, 6) is -0.0398. The molecule has 0 aromatic carbocycles. The first kappa shape index (κ1) is 12.9. The number of carbonyl (C=O) groups excluding carboxylic acids is 1. The average Bonchev–Trinajstić information content (AvgIpc) is 2.68. The number of hydrogen-bond donors (Lipinski definition) is 1. The summed E-state index contributed by atoms with van der Waals surface area (Å²) in [6, 6.07) is 0.294. The van der Waals surface area contributed by atoms with Gasteiger partial charge < -0.3 is 15.5 Å². The Morgan fingerprint density at radius 1 is 1.44 bits per heavy atom. The molecule has 0 saturated carbocycles. The van der Waals surface area contributed by atoms with E-state index < -0.39 is 0 Å². The zero-order chi connectivity index (χ0) is 13.3. The number of piperidine rings is 1. The van der Waals surface area contributed by atoms with Gasteiger partial charge >= 0.3 is 0 Å². The monoisotopic (exact) mass is 251 g/mol. The van der Waals surface area contributed by atoms with E-state index in [4.69, 9.17) is 5.73 Å². The summed E-state index contributed by atoms with van der Waals surface area (Å²) >= 11 is 0. The highest BCUT2D eigenvalue weighted by atomic mass is 16.2. The van der Waals surface area contributed by atoms with Crippen molar-refractivity contribution in [3.8, 4) is 0 Å². The Morgan fingerprint density at radius 3 is 2.56 bits per heavy atom. The van der Waals surface area contributed by atoms with Crippen molar-refractivity contribution in [1.82, 2.24) is 19.6 Å². The number of carbonyl (C=O) groups is 1. The van der Waals surface area contributed by atoms with Crippen molar-refractivity contribution < 1.29 is 4.79 Å². The molecule has 0 radical (unpaired) electrons. The van der Waals surface area contributed by atoms with E-state index in [0.29, 0.717) is 17.4 Å². The number of likely N-dealkylation sites (tertiary alicyclic amines) is 1. The number of aromatic nitrogens is 2. The third-order valence-corrected chi connectivity index (χ3v) is 3.73. The van der Waals surface area contributed by atoms with Crippen LogP contribution in [0.25, 0.3) is 0 Å². The molecule has 0 aliphatic carbocycles. The number of nitrogens with two attached hydrogens (primary N) is 1. The van der Waals surface area contributed by atoms with Crippen LogP contribution in [0, 0.1) is 0 Å². The number of anilines is 1. The Labute approximate surface area is 107 Å². The zero-order valence-electron chi connectivity index (χ0n) is 11.3. The Morgan fingerprint density at radius 2 is 2.06 bits per heavy atom. The molecule has 0 bridgehead atoms. The summed E-state index contributed by atoms with van der Waals surface area (Å²) in [6.45, 7) is 2.06. The van der Waals surface area contributed by atoms with Gasteiger partial charge in [-0.25, -0.2) is 0 Å². The fraction of sp³-hybridized carbons (Fsp3) is 0.667. The molecule has 2 N–H and O–H groups in total. The zero-order valence-corrected chi connectivity index (χ0v) is 11.3. The Kier molecular flexibility index (Phi) is 3.56. The van der Waals surface area contributed by atoms with E-state index >= 15 is 0 Å². The van der Waals surface area contributed by atoms with Crippen molar-refractivity contribution in [3.05, 3.63) is 11.9 Å². The fourth-order valence-electron chi connectivity index (χ4n) is 2.43. The molecule has 2 heterocycles. The first-order valence-electron chi connectivity index (χ1n) is 6.24. The number of hydrogen-bond acceptors (Lipinski definition) is 4. The Bertz CT molecular complexity index is 414. The van der Waals surface area contributed by atoms with Crippen molar-refractivity contribution >= 4 is 11.6 Å². The SMILES string of the molecule is CN1CCC(N(C)C(=O)c2c(N)cnn2C)CC1. The molecule has 1 fully saturated rings. The fourth-order valence-corrected chi connectivity index (χ4v) is 2.43. The predicted octanol–water partition coefficient (Wildman–Crippen LogP) is 0.169. The van der Waals surface area contributed by atoms with E-state index in [9.17, 15) is 4.79 Å². The normalized spacial score (nSPS) is 17.9. The van der Waals surface area contributed by atoms with Crippen LogP contribution in [0.4, 0.5) is 5.69 Å². The van der Waals surface area contributed by atoms with Crippen LogP contribution in [0.1, 0.15) is 23.3 Å². The van der Waals surface area contributed by atoms with Crippen LogP contribution in [-0.2, 0) is 7.05 Å². The molecule has 2 rings (SSSR count). The molecule has 1 amide bonds. The molecule has 1 aromatic rings. The van der Waals surface area contributed by atoms with E-state index in [1.54, 1.807) is 16.6 Å².